The monoisotopic (exact) mass is 260 g/mol. The van der Waals surface area contributed by atoms with Crippen molar-refractivity contribution in [1.82, 2.24) is 14.7 Å². The van der Waals surface area contributed by atoms with E-state index < -0.39 is 10.0 Å². The van der Waals surface area contributed by atoms with Crippen LogP contribution in [0.15, 0.2) is 6.33 Å². The van der Waals surface area contributed by atoms with Gasteiger partial charge in [0.15, 0.2) is 0 Å². The molecule has 0 bridgehead atoms. The molecule has 0 aliphatic rings. The first kappa shape index (κ1) is 13.7. The van der Waals surface area contributed by atoms with Gasteiger partial charge in [-0.25, -0.2) is 23.1 Å². The highest BCUT2D eigenvalue weighted by Gasteiger charge is 2.06. The summed E-state index contributed by atoms with van der Waals surface area (Å²) in [6, 6.07) is 0. The Bertz CT molecular complexity index is 475. The maximum absolute atomic E-state index is 10.8. The third-order valence-electron chi connectivity index (χ3n) is 2.01. The number of nitrogens with one attached hydrogen (secondary N) is 2. The molecule has 96 valence electrons. The van der Waals surface area contributed by atoms with E-state index in [2.05, 4.69) is 20.0 Å². The minimum Gasteiger partial charge on any atom is -0.481 e. The number of methoxy groups -OCH3 is 1. The van der Waals surface area contributed by atoms with Crippen LogP contribution in [0.5, 0.6) is 5.88 Å². The molecule has 0 aliphatic carbocycles. The zero-order valence-corrected chi connectivity index (χ0v) is 10.8. The number of hydrogen-bond donors (Lipinski definition) is 2. The van der Waals surface area contributed by atoms with Crippen molar-refractivity contribution in [3.8, 4) is 5.88 Å². The van der Waals surface area contributed by atoms with Crippen LogP contribution in [0.25, 0.3) is 0 Å². The number of nitrogens with zero attached hydrogens (tertiary/aromatic N) is 2. The van der Waals surface area contributed by atoms with Crippen LogP contribution < -0.4 is 14.8 Å². The minimum atomic E-state index is -3.15. The molecule has 0 spiro atoms. The fraction of sp³-hybridized carbons (Fsp3) is 0.556. The topological polar surface area (TPSA) is 93.2 Å². The molecule has 1 aromatic heterocycles. The number of ether oxygens (including phenoxy) is 1. The third kappa shape index (κ3) is 4.53. The van der Waals surface area contributed by atoms with E-state index in [0.717, 1.165) is 11.8 Å². The predicted octanol–water partition coefficient (Wildman–Crippen LogP) is -0.245. The van der Waals surface area contributed by atoms with Gasteiger partial charge in [0.2, 0.25) is 15.9 Å². The van der Waals surface area contributed by atoms with E-state index in [1.807, 2.05) is 6.92 Å². The maximum Gasteiger partial charge on any atom is 0.221 e. The zero-order valence-electron chi connectivity index (χ0n) is 10.0. The first-order chi connectivity index (χ1) is 7.94. The molecule has 0 amide bonds. The van der Waals surface area contributed by atoms with E-state index in [1.54, 1.807) is 0 Å². The average Bonchev–Trinajstić information content (AvgIpc) is 2.25. The van der Waals surface area contributed by atoms with Crippen LogP contribution >= 0.6 is 0 Å². The molecular weight excluding hydrogens is 244 g/mol. The van der Waals surface area contributed by atoms with Crippen molar-refractivity contribution < 1.29 is 13.2 Å². The first-order valence-electron chi connectivity index (χ1n) is 4.98. The number of aromatic nitrogens is 2. The van der Waals surface area contributed by atoms with E-state index in [1.165, 1.54) is 13.4 Å². The molecule has 2 N–H and O–H groups in total. The molecule has 8 heteroatoms. The van der Waals surface area contributed by atoms with Gasteiger partial charge in [0.1, 0.15) is 12.1 Å². The Hall–Kier alpha value is -1.41. The lowest BCUT2D eigenvalue weighted by molar-refractivity contribution is 0.393. The van der Waals surface area contributed by atoms with Gasteiger partial charge < -0.3 is 10.1 Å². The largest absolute Gasteiger partial charge is 0.481 e. The number of sulfonamides is 1. The van der Waals surface area contributed by atoms with Crippen LogP contribution in [-0.4, -0.2) is 44.8 Å². The Labute approximate surface area is 101 Å². The summed E-state index contributed by atoms with van der Waals surface area (Å²) in [7, 11) is -1.62. The van der Waals surface area contributed by atoms with E-state index in [9.17, 15) is 8.42 Å². The number of hydrogen-bond acceptors (Lipinski definition) is 6. The molecule has 7 nitrogen and oxygen atoms in total. The number of rotatable bonds is 6. The van der Waals surface area contributed by atoms with Gasteiger partial charge in [-0.05, 0) is 6.92 Å². The summed E-state index contributed by atoms with van der Waals surface area (Å²) in [6.07, 6.45) is 2.50. The van der Waals surface area contributed by atoms with E-state index in [0.29, 0.717) is 24.8 Å². The molecule has 1 aromatic rings. The van der Waals surface area contributed by atoms with Gasteiger partial charge in [0.25, 0.3) is 0 Å². The Morgan fingerprint density at radius 1 is 1.35 bits per heavy atom. The second-order valence-electron chi connectivity index (χ2n) is 3.45. The molecular formula is C9H16N4O3S. The highest BCUT2D eigenvalue weighted by atomic mass is 32.2. The van der Waals surface area contributed by atoms with Crippen molar-refractivity contribution in [1.29, 1.82) is 0 Å². The van der Waals surface area contributed by atoms with Crippen molar-refractivity contribution >= 4 is 15.8 Å². The van der Waals surface area contributed by atoms with Crippen molar-refractivity contribution in [2.24, 2.45) is 0 Å². The van der Waals surface area contributed by atoms with Gasteiger partial charge in [0.05, 0.1) is 18.9 Å². The minimum absolute atomic E-state index is 0.296. The van der Waals surface area contributed by atoms with Gasteiger partial charge in [-0.3, -0.25) is 0 Å². The summed E-state index contributed by atoms with van der Waals surface area (Å²) in [5.41, 5.74) is 0.786. The molecule has 0 unspecified atom stereocenters. The first-order valence-corrected chi connectivity index (χ1v) is 6.87. The second-order valence-corrected chi connectivity index (χ2v) is 5.28. The van der Waals surface area contributed by atoms with Gasteiger partial charge in [-0.2, -0.15) is 0 Å². The zero-order chi connectivity index (χ0) is 12.9. The maximum atomic E-state index is 10.8. The Morgan fingerprint density at radius 3 is 2.65 bits per heavy atom. The molecule has 0 aromatic carbocycles. The van der Waals surface area contributed by atoms with Crippen LogP contribution in [0, 0.1) is 6.92 Å². The molecule has 0 radical (unpaired) electrons. The summed E-state index contributed by atoms with van der Waals surface area (Å²) in [4.78, 5) is 7.98. The van der Waals surface area contributed by atoms with Crippen LogP contribution in [0.4, 0.5) is 5.82 Å². The van der Waals surface area contributed by atoms with Crippen molar-refractivity contribution in [3.63, 3.8) is 0 Å². The third-order valence-corrected chi connectivity index (χ3v) is 2.74. The highest BCUT2D eigenvalue weighted by molar-refractivity contribution is 7.88. The number of anilines is 1. The highest BCUT2D eigenvalue weighted by Crippen LogP contribution is 2.19. The summed E-state index contributed by atoms with van der Waals surface area (Å²) in [6.45, 7) is 2.56. The quantitative estimate of drug-likeness (QED) is 0.685. The Morgan fingerprint density at radius 2 is 2.06 bits per heavy atom. The molecule has 17 heavy (non-hydrogen) atoms. The molecule has 0 saturated heterocycles. The summed E-state index contributed by atoms with van der Waals surface area (Å²) in [5.74, 6) is 1.13. The lowest BCUT2D eigenvalue weighted by atomic mass is 10.3. The fourth-order valence-electron chi connectivity index (χ4n) is 1.24. The van der Waals surface area contributed by atoms with Crippen molar-refractivity contribution in [3.05, 3.63) is 11.9 Å². The summed E-state index contributed by atoms with van der Waals surface area (Å²) in [5, 5.41) is 3.00. The molecule has 1 rings (SSSR count). The van der Waals surface area contributed by atoms with Gasteiger partial charge in [-0.1, -0.05) is 0 Å². The molecule has 0 saturated carbocycles. The standard InChI is InChI=1S/C9H16N4O3S/c1-7-8(11-6-12-9(7)16-2)10-4-5-13-17(3,14)15/h6,13H,4-5H2,1-3H3,(H,10,11,12). The Kier molecular flexibility index (Phi) is 4.64. The lowest BCUT2D eigenvalue weighted by Gasteiger charge is -2.10. The van der Waals surface area contributed by atoms with Gasteiger partial charge in [0, 0.05) is 13.1 Å². The van der Waals surface area contributed by atoms with Crippen molar-refractivity contribution in [2.75, 3.05) is 31.8 Å². The van der Waals surface area contributed by atoms with E-state index in [-0.39, 0.29) is 0 Å². The lowest BCUT2D eigenvalue weighted by Crippen LogP contribution is -2.28. The van der Waals surface area contributed by atoms with E-state index in [4.69, 9.17) is 4.74 Å². The molecule has 1 heterocycles. The van der Waals surface area contributed by atoms with Gasteiger partial charge in [-0.15, -0.1) is 0 Å². The van der Waals surface area contributed by atoms with Crippen LogP contribution in [-0.2, 0) is 10.0 Å². The van der Waals surface area contributed by atoms with Crippen LogP contribution in [0.1, 0.15) is 5.56 Å². The molecule has 0 aliphatic heterocycles. The SMILES string of the molecule is COc1ncnc(NCCNS(C)(=O)=O)c1C. The molecule has 0 atom stereocenters. The van der Waals surface area contributed by atoms with E-state index >= 15 is 0 Å². The van der Waals surface area contributed by atoms with Crippen LogP contribution in [0.2, 0.25) is 0 Å². The fourth-order valence-corrected chi connectivity index (χ4v) is 1.71. The van der Waals surface area contributed by atoms with Crippen molar-refractivity contribution in [2.45, 2.75) is 6.92 Å². The van der Waals surface area contributed by atoms with Crippen LogP contribution in [0.3, 0.4) is 0 Å². The summed E-state index contributed by atoms with van der Waals surface area (Å²) < 4.78 is 29.1. The molecule has 0 fully saturated rings. The van der Waals surface area contributed by atoms with Gasteiger partial charge >= 0.3 is 0 Å². The predicted molar refractivity (Wildman–Crippen MR) is 64.7 cm³/mol. The Balaban J connectivity index is 2.52. The average molecular weight is 260 g/mol. The normalized spacial score (nSPS) is 11.2. The smallest absolute Gasteiger partial charge is 0.221 e. The summed E-state index contributed by atoms with van der Waals surface area (Å²) >= 11 is 0. The second kappa shape index (κ2) is 5.78.